The van der Waals surface area contributed by atoms with Crippen molar-refractivity contribution in [1.82, 2.24) is 0 Å². The van der Waals surface area contributed by atoms with Gasteiger partial charge in [0.25, 0.3) is 5.91 Å². The van der Waals surface area contributed by atoms with E-state index in [9.17, 15) is 4.79 Å². The topological polar surface area (TPSA) is 71.3 Å². The molecule has 0 saturated heterocycles. The van der Waals surface area contributed by atoms with E-state index in [0.29, 0.717) is 27.8 Å². The molecule has 6 heteroatoms. The van der Waals surface area contributed by atoms with Crippen LogP contribution < -0.4 is 14.8 Å². The van der Waals surface area contributed by atoms with Crippen LogP contribution in [-0.4, -0.2) is 19.1 Å². The van der Waals surface area contributed by atoms with Gasteiger partial charge in [-0.05, 0) is 49.4 Å². The molecule has 2 rings (SSSR count). The number of benzene rings is 2. The number of amides is 1. The maximum atomic E-state index is 12.1. The zero-order chi connectivity index (χ0) is 16.8. The average molecular weight is 331 g/mol. The van der Waals surface area contributed by atoms with Crippen LogP contribution in [0.25, 0.3) is 0 Å². The molecule has 0 heterocycles. The van der Waals surface area contributed by atoms with Crippen LogP contribution in [0.5, 0.6) is 11.5 Å². The zero-order valence-corrected chi connectivity index (χ0v) is 13.4. The summed E-state index contributed by atoms with van der Waals surface area (Å²) in [5.74, 6) is 0.738. The smallest absolute Gasteiger partial charge is 0.265 e. The first-order valence-electron chi connectivity index (χ1n) is 6.84. The number of nitrogens with zero attached hydrogens (tertiary/aromatic N) is 1. The van der Waals surface area contributed by atoms with E-state index in [1.54, 1.807) is 49.4 Å². The number of anilines is 1. The van der Waals surface area contributed by atoms with Crippen molar-refractivity contribution in [3.05, 3.63) is 53.1 Å². The predicted octanol–water partition coefficient (Wildman–Crippen LogP) is 3.63. The van der Waals surface area contributed by atoms with Gasteiger partial charge in [-0.3, -0.25) is 4.79 Å². The van der Waals surface area contributed by atoms with Gasteiger partial charge in [0.1, 0.15) is 11.5 Å². The Morgan fingerprint density at radius 3 is 2.52 bits per heavy atom. The van der Waals surface area contributed by atoms with E-state index in [1.165, 1.54) is 7.11 Å². The van der Waals surface area contributed by atoms with Crippen molar-refractivity contribution in [2.75, 3.05) is 12.4 Å². The van der Waals surface area contributed by atoms with Gasteiger partial charge in [0.2, 0.25) is 0 Å². The summed E-state index contributed by atoms with van der Waals surface area (Å²) in [5.41, 5.74) is 1.08. The highest BCUT2D eigenvalue weighted by molar-refractivity contribution is 6.32. The standard InChI is InChI=1S/C17H15ClN2O3/c1-11(23-14-6-3-12(10-19)4-7-14)17(21)20-13-5-8-16(22-2)15(18)9-13/h3-9,11H,1-2H3,(H,20,21). The maximum Gasteiger partial charge on any atom is 0.265 e. The molecule has 1 atom stereocenters. The Morgan fingerprint density at radius 2 is 1.96 bits per heavy atom. The lowest BCUT2D eigenvalue weighted by Gasteiger charge is -2.15. The number of nitriles is 1. The van der Waals surface area contributed by atoms with Crippen molar-refractivity contribution < 1.29 is 14.3 Å². The molecule has 1 amide bonds. The molecule has 0 aromatic heterocycles. The molecule has 2 aromatic rings. The summed E-state index contributed by atoms with van der Waals surface area (Å²) in [6.45, 7) is 1.64. The van der Waals surface area contributed by atoms with Crippen LogP contribution in [0.3, 0.4) is 0 Å². The third-order valence-electron chi connectivity index (χ3n) is 3.08. The van der Waals surface area contributed by atoms with Crippen molar-refractivity contribution in [3.63, 3.8) is 0 Å². The van der Waals surface area contributed by atoms with Crippen molar-refractivity contribution >= 4 is 23.2 Å². The molecule has 118 valence electrons. The first-order valence-corrected chi connectivity index (χ1v) is 7.22. The third-order valence-corrected chi connectivity index (χ3v) is 3.38. The fourth-order valence-corrected chi connectivity index (χ4v) is 2.11. The predicted molar refractivity (Wildman–Crippen MR) is 87.9 cm³/mol. The van der Waals surface area contributed by atoms with Crippen LogP contribution >= 0.6 is 11.6 Å². The number of carbonyl (C=O) groups excluding carboxylic acids is 1. The second-order valence-corrected chi connectivity index (χ2v) is 5.14. The Kier molecular flexibility index (Phi) is 5.45. The van der Waals surface area contributed by atoms with Crippen LogP contribution in [0.1, 0.15) is 12.5 Å². The van der Waals surface area contributed by atoms with Gasteiger partial charge in [0.15, 0.2) is 6.10 Å². The first-order chi connectivity index (χ1) is 11.0. The molecule has 0 fully saturated rings. The van der Waals surface area contributed by atoms with Crippen LogP contribution in [0.2, 0.25) is 5.02 Å². The molecule has 0 aliphatic carbocycles. The second kappa shape index (κ2) is 7.52. The van der Waals surface area contributed by atoms with Gasteiger partial charge in [-0.15, -0.1) is 0 Å². The zero-order valence-electron chi connectivity index (χ0n) is 12.7. The van der Waals surface area contributed by atoms with Gasteiger partial charge in [-0.1, -0.05) is 11.6 Å². The second-order valence-electron chi connectivity index (χ2n) is 4.73. The number of rotatable bonds is 5. The van der Waals surface area contributed by atoms with E-state index in [2.05, 4.69) is 5.32 Å². The largest absolute Gasteiger partial charge is 0.495 e. The van der Waals surface area contributed by atoms with Crippen molar-refractivity contribution in [2.45, 2.75) is 13.0 Å². The molecule has 1 unspecified atom stereocenters. The SMILES string of the molecule is COc1ccc(NC(=O)C(C)Oc2ccc(C#N)cc2)cc1Cl. The van der Waals surface area contributed by atoms with Crippen LogP contribution in [0.4, 0.5) is 5.69 Å². The fraction of sp³-hybridized carbons (Fsp3) is 0.176. The normalized spacial score (nSPS) is 11.2. The van der Waals surface area contributed by atoms with Crippen molar-refractivity contribution in [2.24, 2.45) is 0 Å². The number of nitrogens with one attached hydrogen (secondary N) is 1. The van der Waals surface area contributed by atoms with E-state index in [0.717, 1.165) is 0 Å². The molecule has 0 bridgehead atoms. The Labute approximate surface area is 139 Å². The molecule has 2 aromatic carbocycles. The minimum atomic E-state index is -0.705. The molecular formula is C17H15ClN2O3. The van der Waals surface area contributed by atoms with Gasteiger partial charge in [0.05, 0.1) is 23.8 Å². The lowest BCUT2D eigenvalue weighted by Crippen LogP contribution is -2.30. The minimum Gasteiger partial charge on any atom is -0.495 e. The number of methoxy groups -OCH3 is 1. The van der Waals surface area contributed by atoms with E-state index < -0.39 is 6.10 Å². The lowest BCUT2D eigenvalue weighted by molar-refractivity contribution is -0.122. The summed E-state index contributed by atoms with van der Waals surface area (Å²) in [7, 11) is 1.52. The van der Waals surface area contributed by atoms with Gasteiger partial charge in [-0.25, -0.2) is 0 Å². The Morgan fingerprint density at radius 1 is 1.26 bits per heavy atom. The summed E-state index contributed by atoms with van der Waals surface area (Å²) in [6, 6.07) is 13.5. The molecule has 23 heavy (non-hydrogen) atoms. The number of hydrogen-bond donors (Lipinski definition) is 1. The summed E-state index contributed by atoms with van der Waals surface area (Å²) in [4.78, 5) is 12.1. The van der Waals surface area contributed by atoms with Crippen molar-refractivity contribution in [3.8, 4) is 17.6 Å². The molecule has 1 N–H and O–H groups in total. The monoisotopic (exact) mass is 330 g/mol. The van der Waals surface area contributed by atoms with Crippen LogP contribution in [-0.2, 0) is 4.79 Å². The number of halogens is 1. The summed E-state index contributed by atoms with van der Waals surface area (Å²) in [5, 5.41) is 11.9. The van der Waals surface area contributed by atoms with Crippen LogP contribution in [0, 0.1) is 11.3 Å². The molecule has 0 aliphatic rings. The maximum absolute atomic E-state index is 12.1. The van der Waals surface area contributed by atoms with Gasteiger partial charge in [-0.2, -0.15) is 5.26 Å². The van der Waals surface area contributed by atoms with E-state index >= 15 is 0 Å². The molecule has 0 saturated carbocycles. The molecule has 5 nitrogen and oxygen atoms in total. The third kappa shape index (κ3) is 4.38. The highest BCUT2D eigenvalue weighted by Gasteiger charge is 2.15. The number of carbonyl (C=O) groups is 1. The number of ether oxygens (including phenoxy) is 2. The Hall–Kier alpha value is -2.71. The van der Waals surface area contributed by atoms with Crippen LogP contribution in [0.15, 0.2) is 42.5 Å². The Balaban J connectivity index is 1.99. The van der Waals surface area contributed by atoms with Gasteiger partial charge < -0.3 is 14.8 Å². The summed E-state index contributed by atoms with van der Waals surface area (Å²) in [6.07, 6.45) is -0.705. The first kappa shape index (κ1) is 16.7. The number of hydrogen-bond acceptors (Lipinski definition) is 4. The highest BCUT2D eigenvalue weighted by Crippen LogP contribution is 2.27. The van der Waals surface area contributed by atoms with Crippen molar-refractivity contribution in [1.29, 1.82) is 5.26 Å². The minimum absolute atomic E-state index is 0.310. The molecule has 0 spiro atoms. The molecule has 0 aliphatic heterocycles. The van der Waals surface area contributed by atoms with E-state index in [4.69, 9.17) is 26.3 Å². The fourth-order valence-electron chi connectivity index (χ4n) is 1.85. The quantitative estimate of drug-likeness (QED) is 0.908. The van der Waals surface area contributed by atoms with E-state index in [1.807, 2.05) is 6.07 Å². The summed E-state index contributed by atoms with van der Waals surface area (Å²) < 4.78 is 10.6. The highest BCUT2D eigenvalue weighted by atomic mass is 35.5. The van der Waals surface area contributed by atoms with E-state index in [-0.39, 0.29) is 5.91 Å². The van der Waals surface area contributed by atoms with Gasteiger partial charge >= 0.3 is 0 Å². The summed E-state index contributed by atoms with van der Waals surface area (Å²) >= 11 is 6.02. The lowest BCUT2D eigenvalue weighted by atomic mass is 10.2. The molecular weight excluding hydrogens is 316 g/mol. The Bertz CT molecular complexity index is 738. The average Bonchev–Trinajstić information content (AvgIpc) is 2.55. The van der Waals surface area contributed by atoms with Gasteiger partial charge in [0, 0.05) is 5.69 Å². The molecule has 0 radical (unpaired) electrons.